The monoisotopic (exact) mass is 465 g/mol. The second-order valence-electron chi connectivity index (χ2n) is 9.65. The van der Waals surface area contributed by atoms with Crippen LogP contribution in [0.4, 0.5) is 11.4 Å². The normalized spacial score (nSPS) is 20.1. The predicted octanol–water partition coefficient (Wildman–Crippen LogP) is 5.69. The molecular formula is C27H35N3O4. The first-order chi connectivity index (χ1) is 16.5. The number of carbonyl (C=O) groups excluding carboxylic acids is 1. The molecule has 0 spiro atoms. The molecule has 1 heterocycles. The molecule has 1 unspecified atom stereocenters. The first-order valence-electron chi connectivity index (χ1n) is 12.5. The number of nitro groups is 1. The van der Waals surface area contributed by atoms with Gasteiger partial charge >= 0.3 is 0 Å². The summed E-state index contributed by atoms with van der Waals surface area (Å²) in [4.78, 5) is 26.5. The van der Waals surface area contributed by atoms with Gasteiger partial charge < -0.3 is 15.0 Å². The average molecular weight is 466 g/mol. The molecule has 0 radical (unpaired) electrons. The minimum Gasteiger partial charge on any atom is -0.494 e. The number of nitrogens with one attached hydrogen (secondary N) is 1. The second-order valence-corrected chi connectivity index (χ2v) is 9.65. The topological polar surface area (TPSA) is 84.7 Å². The van der Waals surface area contributed by atoms with Crippen molar-refractivity contribution in [3.05, 3.63) is 64.2 Å². The summed E-state index contributed by atoms with van der Waals surface area (Å²) >= 11 is 0. The van der Waals surface area contributed by atoms with Gasteiger partial charge in [0.05, 0.1) is 16.9 Å². The Kier molecular flexibility index (Phi) is 7.83. The fourth-order valence-corrected chi connectivity index (χ4v) is 5.36. The second kappa shape index (κ2) is 11.0. The molecule has 7 heteroatoms. The van der Waals surface area contributed by atoms with Gasteiger partial charge in [0.25, 0.3) is 5.69 Å². The lowest BCUT2D eigenvalue weighted by Crippen LogP contribution is -2.38. The number of amides is 1. The number of hydrogen-bond donors (Lipinski definition) is 1. The molecule has 2 aromatic rings. The molecule has 4 rings (SSSR count). The third-order valence-corrected chi connectivity index (χ3v) is 7.43. The highest BCUT2D eigenvalue weighted by Gasteiger charge is 2.42. The van der Waals surface area contributed by atoms with E-state index >= 15 is 0 Å². The molecule has 1 saturated heterocycles. The lowest BCUT2D eigenvalue weighted by Gasteiger charge is -2.33. The van der Waals surface area contributed by atoms with Crippen molar-refractivity contribution in [1.82, 2.24) is 4.90 Å². The van der Waals surface area contributed by atoms with Crippen LogP contribution in [0.3, 0.4) is 0 Å². The van der Waals surface area contributed by atoms with Crippen LogP contribution in [0.5, 0.6) is 5.75 Å². The van der Waals surface area contributed by atoms with E-state index in [1.165, 1.54) is 37.9 Å². The van der Waals surface area contributed by atoms with Crippen LogP contribution >= 0.6 is 0 Å². The van der Waals surface area contributed by atoms with Crippen LogP contribution in [0, 0.1) is 10.1 Å². The molecule has 1 saturated carbocycles. The van der Waals surface area contributed by atoms with E-state index in [2.05, 4.69) is 17.1 Å². The summed E-state index contributed by atoms with van der Waals surface area (Å²) < 4.78 is 5.92. The van der Waals surface area contributed by atoms with Crippen molar-refractivity contribution in [2.24, 2.45) is 0 Å². The van der Waals surface area contributed by atoms with E-state index in [1.807, 2.05) is 24.3 Å². The molecule has 1 atom stereocenters. The molecule has 2 aliphatic rings. The third kappa shape index (κ3) is 5.58. The molecule has 2 fully saturated rings. The molecule has 1 aliphatic heterocycles. The van der Waals surface area contributed by atoms with Crippen LogP contribution < -0.4 is 10.1 Å². The van der Waals surface area contributed by atoms with Crippen LogP contribution in [0.25, 0.3) is 0 Å². The number of benzene rings is 2. The highest BCUT2D eigenvalue weighted by atomic mass is 16.6. The Morgan fingerprint density at radius 3 is 2.44 bits per heavy atom. The van der Waals surface area contributed by atoms with Crippen molar-refractivity contribution in [2.45, 2.75) is 69.7 Å². The molecular weight excluding hydrogens is 430 g/mol. The Balaban J connectivity index is 1.31. The number of nitrogens with zero attached hydrogens (tertiary/aromatic N) is 2. The first-order valence-corrected chi connectivity index (χ1v) is 12.5. The van der Waals surface area contributed by atoms with E-state index in [9.17, 15) is 14.9 Å². The molecule has 0 aromatic heterocycles. The number of non-ortho nitro benzene ring substituents is 1. The number of carbonyl (C=O) groups is 1. The van der Waals surface area contributed by atoms with Crippen LogP contribution in [-0.2, 0) is 10.2 Å². The Labute approximate surface area is 201 Å². The van der Waals surface area contributed by atoms with Crippen molar-refractivity contribution >= 4 is 17.3 Å². The van der Waals surface area contributed by atoms with Crippen molar-refractivity contribution in [3.8, 4) is 5.75 Å². The Bertz CT molecular complexity index is 968. The zero-order chi connectivity index (χ0) is 24.0. The SMILES string of the molecule is CC1CCCCN1CCCOc1ccc(NC(=O)C2(c3ccc([N+](=O)[O-])cc3)CCCC2)cc1. The van der Waals surface area contributed by atoms with Crippen molar-refractivity contribution in [1.29, 1.82) is 0 Å². The van der Waals surface area contributed by atoms with Gasteiger partial charge in [-0.3, -0.25) is 14.9 Å². The molecule has 0 bridgehead atoms. The van der Waals surface area contributed by atoms with Gasteiger partial charge in [0.15, 0.2) is 0 Å². The summed E-state index contributed by atoms with van der Waals surface area (Å²) in [6.45, 7) is 5.25. The number of rotatable bonds is 9. The minimum absolute atomic E-state index is 0.0401. The van der Waals surface area contributed by atoms with Crippen LogP contribution in [-0.4, -0.2) is 41.5 Å². The van der Waals surface area contributed by atoms with Gasteiger partial charge in [-0.2, -0.15) is 0 Å². The van der Waals surface area contributed by atoms with E-state index < -0.39 is 10.3 Å². The summed E-state index contributed by atoms with van der Waals surface area (Å²) in [7, 11) is 0. The molecule has 1 N–H and O–H groups in total. The predicted molar refractivity (Wildman–Crippen MR) is 133 cm³/mol. The van der Waals surface area contributed by atoms with E-state index in [0.717, 1.165) is 55.6 Å². The van der Waals surface area contributed by atoms with Crippen molar-refractivity contribution < 1.29 is 14.5 Å². The van der Waals surface area contributed by atoms with Gasteiger partial charge in [-0.25, -0.2) is 0 Å². The maximum absolute atomic E-state index is 13.3. The fourth-order valence-electron chi connectivity index (χ4n) is 5.36. The Hall–Kier alpha value is -2.93. The van der Waals surface area contributed by atoms with Gasteiger partial charge in [-0.1, -0.05) is 31.4 Å². The van der Waals surface area contributed by atoms with Gasteiger partial charge in [0.2, 0.25) is 5.91 Å². The van der Waals surface area contributed by atoms with Gasteiger partial charge in [-0.15, -0.1) is 0 Å². The number of ether oxygens (including phenoxy) is 1. The zero-order valence-electron chi connectivity index (χ0n) is 20.0. The summed E-state index contributed by atoms with van der Waals surface area (Å²) in [6.07, 6.45) is 8.34. The average Bonchev–Trinajstić information content (AvgIpc) is 3.35. The largest absolute Gasteiger partial charge is 0.494 e. The quantitative estimate of drug-likeness (QED) is 0.292. The molecule has 1 aliphatic carbocycles. The lowest BCUT2D eigenvalue weighted by molar-refractivity contribution is -0.384. The number of likely N-dealkylation sites (tertiary alicyclic amines) is 1. The molecule has 7 nitrogen and oxygen atoms in total. The summed E-state index contributed by atoms with van der Waals surface area (Å²) in [5, 5.41) is 14.1. The van der Waals surface area contributed by atoms with Crippen molar-refractivity contribution in [3.63, 3.8) is 0 Å². The zero-order valence-corrected chi connectivity index (χ0v) is 20.0. The number of nitro benzene ring substituents is 1. The highest BCUT2D eigenvalue weighted by Crippen LogP contribution is 2.42. The van der Waals surface area contributed by atoms with Gasteiger partial charge in [-0.05, 0) is 75.4 Å². The van der Waals surface area contributed by atoms with Gasteiger partial charge in [0.1, 0.15) is 5.75 Å². The minimum atomic E-state index is -0.643. The summed E-state index contributed by atoms with van der Waals surface area (Å²) in [5.41, 5.74) is 0.970. The fraction of sp³-hybridized carbons (Fsp3) is 0.519. The Morgan fingerprint density at radius 1 is 1.09 bits per heavy atom. The Morgan fingerprint density at radius 2 is 1.79 bits per heavy atom. The van der Waals surface area contributed by atoms with Gasteiger partial charge in [0, 0.05) is 30.4 Å². The molecule has 1 amide bonds. The molecule has 182 valence electrons. The number of hydrogen-bond acceptors (Lipinski definition) is 5. The van der Waals surface area contributed by atoms with E-state index in [0.29, 0.717) is 12.6 Å². The van der Waals surface area contributed by atoms with Crippen molar-refractivity contribution in [2.75, 3.05) is 25.0 Å². The van der Waals surface area contributed by atoms with E-state index in [4.69, 9.17) is 4.74 Å². The molecule has 2 aromatic carbocycles. The standard InChI is InChI=1S/C27H35N3O4/c1-21-7-2-5-18-29(21)19-6-20-34-25-14-10-23(11-15-25)28-26(31)27(16-3-4-17-27)22-8-12-24(13-9-22)30(32)33/h8-15,21H,2-7,16-20H2,1H3,(H,28,31). The van der Waals surface area contributed by atoms with Crippen LogP contribution in [0.1, 0.15) is 63.9 Å². The lowest BCUT2D eigenvalue weighted by atomic mass is 9.78. The maximum Gasteiger partial charge on any atom is 0.269 e. The van der Waals surface area contributed by atoms with Crippen LogP contribution in [0.2, 0.25) is 0 Å². The third-order valence-electron chi connectivity index (χ3n) is 7.43. The first kappa shape index (κ1) is 24.2. The summed E-state index contributed by atoms with van der Waals surface area (Å²) in [5.74, 6) is 0.749. The number of anilines is 1. The maximum atomic E-state index is 13.3. The molecule has 34 heavy (non-hydrogen) atoms. The highest BCUT2D eigenvalue weighted by molar-refractivity contribution is 5.99. The van der Waals surface area contributed by atoms with E-state index in [1.54, 1.807) is 12.1 Å². The van der Waals surface area contributed by atoms with Crippen LogP contribution in [0.15, 0.2) is 48.5 Å². The number of piperidine rings is 1. The van der Waals surface area contributed by atoms with E-state index in [-0.39, 0.29) is 11.6 Å². The summed E-state index contributed by atoms with van der Waals surface area (Å²) in [6, 6.07) is 14.6. The smallest absolute Gasteiger partial charge is 0.269 e.